The lowest BCUT2D eigenvalue weighted by Gasteiger charge is -2.29. The molecule has 0 bridgehead atoms. The van der Waals surface area contributed by atoms with Gasteiger partial charge in [-0.1, -0.05) is 17.7 Å². The number of morpholine rings is 1. The van der Waals surface area contributed by atoms with E-state index in [0.717, 1.165) is 37.7 Å². The zero-order chi connectivity index (χ0) is 10.7. The molecule has 0 aromatic carbocycles. The van der Waals surface area contributed by atoms with Crippen LogP contribution in [0.2, 0.25) is 5.15 Å². The van der Waals surface area contributed by atoms with Crippen LogP contribution in [-0.4, -0.2) is 31.3 Å². The third kappa shape index (κ3) is 2.40. The Balaban J connectivity index is 2.27. The largest absolute Gasteiger partial charge is 0.378 e. The summed E-state index contributed by atoms with van der Waals surface area (Å²) in [5.41, 5.74) is 6.70. The molecule has 4 nitrogen and oxygen atoms in total. The van der Waals surface area contributed by atoms with Gasteiger partial charge in [0.1, 0.15) is 11.0 Å². The van der Waals surface area contributed by atoms with Gasteiger partial charge in [-0.2, -0.15) is 0 Å². The van der Waals surface area contributed by atoms with E-state index in [1.54, 1.807) is 6.07 Å². The third-order valence-corrected chi connectivity index (χ3v) is 2.66. The van der Waals surface area contributed by atoms with Gasteiger partial charge in [0.2, 0.25) is 0 Å². The van der Waals surface area contributed by atoms with Gasteiger partial charge in [-0.15, -0.1) is 0 Å². The summed E-state index contributed by atoms with van der Waals surface area (Å²) in [7, 11) is 0. The molecule has 1 aliphatic rings. The van der Waals surface area contributed by atoms with E-state index in [0.29, 0.717) is 11.7 Å². The lowest BCUT2D eigenvalue weighted by molar-refractivity contribution is 0.122. The number of anilines is 1. The highest BCUT2D eigenvalue weighted by molar-refractivity contribution is 6.29. The molecule has 1 fully saturated rings. The lowest BCUT2D eigenvalue weighted by atomic mass is 10.2. The van der Waals surface area contributed by atoms with Crippen LogP contribution in [0, 0.1) is 0 Å². The van der Waals surface area contributed by atoms with Gasteiger partial charge in [0.25, 0.3) is 0 Å². The first-order valence-corrected chi connectivity index (χ1v) is 5.37. The van der Waals surface area contributed by atoms with E-state index in [9.17, 15) is 0 Å². The van der Waals surface area contributed by atoms with Crippen molar-refractivity contribution in [3.63, 3.8) is 0 Å². The van der Waals surface area contributed by atoms with Crippen molar-refractivity contribution in [1.82, 2.24) is 4.98 Å². The summed E-state index contributed by atoms with van der Waals surface area (Å²) >= 11 is 5.88. The summed E-state index contributed by atoms with van der Waals surface area (Å²) in [6.07, 6.45) is 0. The molecule has 0 amide bonds. The third-order valence-electron chi connectivity index (χ3n) is 2.45. The van der Waals surface area contributed by atoms with Crippen molar-refractivity contribution in [3.05, 3.63) is 22.8 Å². The first-order chi connectivity index (χ1) is 7.31. The van der Waals surface area contributed by atoms with Gasteiger partial charge >= 0.3 is 0 Å². The van der Waals surface area contributed by atoms with Crippen molar-refractivity contribution in [2.24, 2.45) is 5.73 Å². The Hall–Kier alpha value is -0.840. The molecule has 2 rings (SSSR count). The van der Waals surface area contributed by atoms with Crippen LogP contribution >= 0.6 is 11.6 Å². The molecule has 2 heterocycles. The average Bonchev–Trinajstić information content (AvgIpc) is 2.30. The Morgan fingerprint density at radius 2 is 2.13 bits per heavy atom. The SMILES string of the molecule is NCc1ccc(Cl)nc1N1CCOCC1. The van der Waals surface area contributed by atoms with Crippen LogP contribution in [0.4, 0.5) is 5.82 Å². The molecule has 1 saturated heterocycles. The molecule has 5 heteroatoms. The van der Waals surface area contributed by atoms with Gasteiger partial charge in [0.05, 0.1) is 13.2 Å². The number of rotatable bonds is 2. The Morgan fingerprint density at radius 1 is 1.40 bits per heavy atom. The summed E-state index contributed by atoms with van der Waals surface area (Å²) < 4.78 is 5.29. The molecule has 2 N–H and O–H groups in total. The monoisotopic (exact) mass is 227 g/mol. The maximum atomic E-state index is 5.88. The second-order valence-corrected chi connectivity index (χ2v) is 3.81. The standard InChI is InChI=1S/C10H14ClN3O/c11-9-2-1-8(7-12)10(13-9)14-3-5-15-6-4-14/h1-2H,3-7,12H2. The van der Waals surface area contributed by atoms with E-state index in [2.05, 4.69) is 9.88 Å². The van der Waals surface area contributed by atoms with E-state index in [4.69, 9.17) is 22.1 Å². The number of pyridine rings is 1. The van der Waals surface area contributed by atoms with Crippen LogP contribution in [0.25, 0.3) is 0 Å². The smallest absolute Gasteiger partial charge is 0.134 e. The van der Waals surface area contributed by atoms with Crippen LogP contribution in [0.5, 0.6) is 0 Å². The van der Waals surface area contributed by atoms with Crippen molar-refractivity contribution in [3.8, 4) is 0 Å². The highest BCUT2D eigenvalue weighted by Crippen LogP contribution is 2.21. The molecule has 1 aliphatic heterocycles. The number of ether oxygens (including phenoxy) is 1. The number of hydrogen-bond acceptors (Lipinski definition) is 4. The molecule has 0 atom stereocenters. The number of aromatic nitrogens is 1. The van der Waals surface area contributed by atoms with Gasteiger partial charge in [0, 0.05) is 25.2 Å². The Morgan fingerprint density at radius 3 is 2.80 bits per heavy atom. The molecule has 0 aliphatic carbocycles. The van der Waals surface area contributed by atoms with Crippen LogP contribution in [0.3, 0.4) is 0 Å². The summed E-state index contributed by atoms with van der Waals surface area (Å²) in [5, 5.41) is 0.508. The lowest BCUT2D eigenvalue weighted by Crippen LogP contribution is -2.37. The Labute approximate surface area is 94.0 Å². The molecular formula is C10H14ClN3O. The summed E-state index contributed by atoms with van der Waals surface area (Å²) in [5.74, 6) is 0.897. The minimum absolute atomic E-state index is 0.483. The van der Waals surface area contributed by atoms with Crippen molar-refractivity contribution >= 4 is 17.4 Å². The van der Waals surface area contributed by atoms with Crippen molar-refractivity contribution in [2.45, 2.75) is 6.54 Å². The summed E-state index contributed by atoms with van der Waals surface area (Å²) in [6, 6.07) is 3.70. The second-order valence-electron chi connectivity index (χ2n) is 3.42. The number of nitrogens with zero attached hydrogens (tertiary/aromatic N) is 2. The van der Waals surface area contributed by atoms with Crippen LogP contribution < -0.4 is 10.6 Å². The molecule has 0 saturated carbocycles. The molecule has 0 radical (unpaired) electrons. The Bertz CT molecular complexity index is 339. The minimum atomic E-state index is 0.483. The molecule has 0 spiro atoms. The van der Waals surface area contributed by atoms with E-state index in [1.165, 1.54) is 0 Å². The maximum absolute atomic E-state index is 5.88. The quantitative estimate of drug-likeness (QED) is 0.767. The summed E-state index contributed by atoms with van der Waals surface area (Å²) in [4.78, 5) is 6.49. The Kier molecular flexibility index (Phi) is 3.41. The van der Waals surface area contributed by atoms with Crippen LogP contribution in [-0.2, 0) is 11.3 Å². The fourth-order valence-corrected chi connectivity index (χ4v) is 1.81. The number of hydrogen-bond donors (Lipinski definition) is 1. The molecule has 0 unspecified atom stereocenters. The zero-order valence-electron chi connectivity index (χ0n) is 8.45. The number of nitrogens with two attached hydrogens (primary N) is 1. The molecule has 15 heavy (non-hydrogen) atoms. The van der Waals surface area contributed by atoms with Crippen molar-refractivity contribution in [2.75, 3.05) is 31.2 Å². The fraction of sp³-hybridized carbons (Fsp3) is 0.500. The van der Waals surface area contributed by atoms with Gasteiger partial charge in [-0.25, -0.2) is 4.98 Å². The van der Waals surface area contributed by atoms with Gasteiger partial charge in [0.15, 0.2) is 0 Å². The topological polar surface area (TPSA) is 51.4 Å². The van der Waals surface area contributed by atoms with Crippen molar-refractivity contribution in [1.29, 1.82) is 0 Å². The highest BCUT2D eigenvalue weighted by Gasteiger charge is 2.15. The van der Waals surface area contributed by atoms with E-state index >= 15 is 0 Å². The number of halogens is 1. The van der Waals surface area contributed by atoms with Gasteiger partial charge in [-0.3, -0.25) is 0 Å². The molecule has 82 valence electrons. The molecular weight excluding hydrogens is 214 g/mol. The molecule has 1 aromatic rings. The average molecular weight is 228 g/mol. The van der Waals surface area contributed by atoms with Gasteiger partial charge < -0.3 is 15.4 Å². The van der Waals surface area contributed by atoms with E-state index in [1.807, 2.05) is 6.07 Å². The van der Waals surface area contributed by atoms with Gasteiger partial charge in [-0.05, 0) is 6.07 Å². The first kappa shape index (κ1) is 10.7. The first-order valence-electron chi connectivity index (χ1n) is 4.99. The predicted octanol–water partition coefficient (Wildman–Crippen LogP) is 1.03. The minimum Gasteiger partial charge on any atom is -0.378 e. The van der Waals surface area contributed by atoms with E-state index in [-0.39, 0.29) is 0 Å². The van der Waals surface area contributed by atoms with Crippen LogP contribution in [0.1, 0.15) is 5.56 Å². The van der Waals surface area contributed by atoms with E-state index < -0.39 is 0 Å². The maximum Gasteiger partial charge on any atom is 0.134 e. The zero-order valence-corrected chi connectivity index (χ0v) is 9.20. The highest BCUT2D eigenvalue weighted by atomic mass is 35.5. The molecule has 1 aromatic heterocycles. The van der Waals surface area contributed by atoms with Crippen LogP contribution in [0.15, 0.2) is 12.1 Å². The van der Waals surface area contributed by atoms with Crippen molar-refractivity contribution < 1.29 is 4.74 Å². The summed E-state index contributed by atoms with van der Waals surface area (Å²) in [6.45, 7) is 3.65. The predicted molar refractivity (Wildman–Crippen MR) is 60.2 cm³/mol. The normalized spacial score (nSPS) is 16.8. The second kappa shape index (κ2) is 4.79. The fourth-order valence-electron chi connectivity index (χ4n) is 1.66.